The van der Waals surface area contributed by atoms with Crippen LogP contribution in [0.15, 0.2) is 48.8 Å². The van der Waals surface area contributed by atoms with Crippen molar-refractivity contribution in [1.29, 1.82) is 0 Å². The van der Waals surface area contributed by atoms with Crippen LogP contribution in [0.2, 0.25) is 0 Å². The fourth-order valence-electron chi connectivity index (χ4n) is 1.30. The zero-order chi connectivity index (χ0) is 13.1. The van der Waals surface area contributed by atoms with Gasteiger partial charge in [0, 0.05) is 6.42 Å². The number of benzene rings is 1. The molecule has 1 rings (SSSR count). The lowest BCUT2D eigenvalue weighted by Gasteiger charge is -2.08. The molecule has 0 aliphatic rings. The van der Waals surface area contributed by atoms with E-state index < -0.39 is 0 Å². The van der Waals surface area contributed by atoms with Gasteiger partial charge in [0.1, 0.15) is 11.5 Å². The van der Waals surface area contributed by atoms with Crippen molar-refractivity contribution < 1.29 is 4.74 Å². The van der Waals surface area contributed by atoms with Crippen LogP contribution in [0, 0.1) is 6.92 Å². The third-order valence-corrected chi connectivity index (χ3v) is 2.07. The zero-order valence-electron chi connectivity index (χ0n) is 11.5. The summed E-state index contributed by atoms with van der Waals surface area (Å²) in [5.74, 6) is 1.86. The molecule has 0 saturated heterocycles. The number of rotatable bonds is 5. The van der Waals surface area contributed by atoms with Gasteiger partial charge in [0.15, 0.2) is 0 Å². The molecule has 0 saturated carbocycles. The average Bonchev–Trinajstić information content (AvgIpc) is 2.35. The van der Waals surface area contributed by atoms with E-state index in [4.69, 9.17) is 4.74 Å². The molecule has 1 heteroatoms. The maximum atomic E-state index is 5.74. The van der Waals surface area contributed by atoms with E-state index in [2.05, 4.69) is 20.4 Å². The predicted octanol–water partition coefficient (Wildman–Crippen LogP) is 5.27. The van der Waals surface area contributed by atoms with Crippen molar-refractivity contribution in [3.63, 3.8) is 0 Å². The van der Waals surface area contributed by atoms with Gasteiger partial charge in [-0.15, -0.1) is 0 Å². The van der Waals surface area contributed by atoms with E-state index in [1.165, 1.54) is 5.56 Å². The molecule has 0 fully saturated rings. The van der Waals surface area contributed by atoms with Gasteiger partial charge in [0.25, 0.3) is 0 Å². The molecule has 0 spiro atoms. The lowest BCUT2D eigenvalue weighted by atomic mass is 10.2. The maximum Gasteiger partial charge on any atom is 0.126 e. The number of ether oxygens (including phenoxy) is 1. The maximum absolute atomic E-state index is 5.74. The van der Waals surface area contributed by atoms with Crippen LogP contribution < -0.4 is 4.74 Å². The summed E-state index contributed by atoms with van der Waals surface area (Å²) in [6.45, 7) is 11.9. The Labute approximate surface area is 106 Å². The second-order valence-electron chi connectivity index (χ2n) is 3.53. The van der Waals surface area contributed by atoms with E-state index >= 15 is 0 Å². The Hall–Kier alpha value is -1.50. The molecule has 0 atom stereocenters. The summed E-state index contributed by atoms with van der Waals surface area (Å²) in [6, 6.07) is 8.07. The van der Waals surface area contributed by atoms with Crippen molar-refractivity contribution in [2.45, 2.75) is 40.5 Å². The molecule has 0 radical (unpaired) electrons. The van der Waals surface area contributed by atoms with Crippen LogP contribution in [0.3, 0.4) is 0 Å². The smallest absolute Gasteiger partial charge is 0.126 e. The van der Waals surface area contributed by atoms with E-state index in [9.17, 15) is 0 Å². The number of allylic oxidation sites excluding steroid dienone is 3. The molecule has 0 heterocycles. The first-order valence-corrected chi connectivity index (χ1v) is 6.32. The van der Waals surface area contributed by atoms with Gasteiger partial charge in [-0.1, -0.05) is 51.1 Å². The van der Waals surface area contributed by atoms with Gasteiger partial charge >= 0.3 is 0 Å². The fourth-order valence-corrected chi connectivity index (χ4v) is 1.30. The monoisotopic (exact) mass is 232 g/mol. The first-order valence-electron chi connectivity index (χ1n) is 6.32. The van der Waals surface area contributed by atoms with Crippen LogP contribution in [-0.2, 0) is 0 Å². The summed E-state index contributed by atoms with van der Waals surface area (Å²) in [5.41, 5.74) is 1.24. The second kappa shape index (κ2) is 9.71. The molecular formula is C16H24O. The van der Waals surface area contributed by atoms with Crippen LogP contribution in [-0.4, -0.2) is 0 Å². The lowest BCUT2D eigenvalue weighted by molar-refractivity contribution is 0.402. The molecule has 94 valence electrons. The zero-order valence-corrected chi connectivity index (χ0v) is 11.5. The van der Waals surface area contributed by atoms with Crippen LogP contribution in [0.1, 0.15) is 39.2 Å². The summed E-state index contributed by atoms with van der Waals surface area (Å²) in [5, 5.41) is 0. The van der Waals surface area contributed by atoms with Crippen molar-refractivity contribution in [1.82, 2.24) is 0 Å². The third-order valence-electron chi connectivity index (χ3n) is 2.07. The minimum Gasteiger partial charge on any atom is -0.462 e. The molecule has 0 amide bonds. The first kappa shape index (κ1) is 15.5. The van der Waals surface area contributed by atoms with Crippen LogP contribution >= 0.6 is 0 Å². The Morgan fingerprint density at radius 3 is 2.29 bits per heavy atom. The van der Waals surface area contributed by atoms with Gasteiger partial charge in [-0.2, -0.15) is 0 Å². The van der Waals surface area contributed by atoms with Gasteiger partial charge in [0.05, 0.1) is 0 Å². The van der Waals surface area contributed by atoms with Gasteiger partial charge in [-0.3, -0.25) is 0 Å². The van der Waals surface area contributed by atoms with Crippen LogP contribution in [0.5, 0.6) is 5.75 Å². The molecular weight excluding hydrogens is 208 g/mol. The van der Waals surface area contributed by atoms with E-state index in [0.717, 1.165) is 24.4 Å². The Bertz CT molecular complexity index is 333. The Kier molecular flexibility index (Phi) is 8.85. The highest BCUT2D eigenvalue weighted by atomic mass is 16.5. The van der Waals surface area contributed by atoms with Crippen molar-refractivity contribution in [2.24, 2.45) is 0 Å². The number of hydrogen-bond donors (Lipinski definition) is 0. The standard InChI is InChI=1S/C14H18O.C2H6/c1-4-6-13(7-5-2)15-14-10-8-12(3)9-11-14;1-2/h4,6,8-11H,1,5,7H2,2-3H3;1-2H3/b13-6+;. The van der Waals surface area contributed by atoms with Crippen molar-refractivity contribution in [3.05, 3.63) is 54.3 Å². The van der Waals surface area contributed by atoms with Crippen molar-refractivity contribution >= 4 is 0 Å². The fraction of sp³-hybridized carbons (Fsp3) is 0.375. The SMILES string of the molecule is C=C/C=C(\CCC)Oc1ccc(C)cc1.CC. The molecule has 1 nitrogen and oxygen atoms in total. The Balaban J connectivity index is 0.00000121. The van der Waals surface area contributed by atoms with E-state index in [0.29, 0.717) is 0 Å². The molecule has 1 aromatic carbocycles. The summed E-state index contributed by atoms with van der Waals surface area (Å²) in [7, 11) is 0. The third kappa shape index (κ3) is 6.62. The highest BCUT2D eigenvalue weighted by Crippen LogP contribution is 2.17. The topological polar surface area (TPSA) is 9.23 Å². The van der Waals surface area contributed by atoms with Gasteiger partial charge < -0.3 is 4.74 Å². The summed E-state index contributed by atoms with van der Waals surface area (Å²) in [6.07, 6.45) is 5.70. The number of hydrogen-bond acceptors (Lipinski definition) is 1. The average molecular weight is 232 g/mol. The summed E-state index contributed by atoms with van der Waals surface area (Å²) >= 11 is 0. The Morgan fingerprint density at radius 1 is 1.24 bits per heavy atom. The van der Waals surface area contributed by atoms with Crippen LogP contribution in [0.4, 0.5) is 0 Å². The van der Waals surface area contributed by atoms with E-state index in [1.54, 1.807) is 6.08 Å². The summed E-state index contributed by atoms with van der Waals surface area (Å²) in [4.78, 5) is 0. The van der Waals surface area contributed by atoms with Crippen LogP contribution in [0.25, 0.3) is 0 Å². The van der Waals surface area contributed by atoms with E-state index in [1.807, 2.05) is 44.2 Å². The molecule has 1 aromatic rings. The molecule has 17 heavy (non-hydrogen) atoms. The molecule has 0 N–H and O–H groups in total. The molecule has 0 unspecified atom stereocenters. The number of aryl methyl sites for hydroxylation is 1. The van der Waals surface area contributed by atoms with E-state index in [-0.39, 0.29) is 0 Å². The lowest BCUT2D eigenvalue weighted by Crippen LogP contribution is -1.94. The van der Waals surface area contributed by atoms with Crippen molar-refractivity contribution in [3.8, 4) is 5.75 Å². The highest BCUT2D eigenvalue weighted by molar-refractivity contribution is 5.28. The molecule has 0 aliphatic heterocycles. The van der Waals surface area contributed by atoms with Gasteiger partial charge in [0.2, 0.25) is 0 Å². The normalized spacial score (nSPS) is 10.2. The summed E-state index contributed by atoms with van der Waals surface area (Å²) < 4.78 is 5.74. The molecule has 0 aliphatic carbocycles. The highest BCUT2D eigenvalue weighted by Gasteiger charge is 1.98. The molecule has 0 aromatic heterocycles. The molecule has 0 bridgehead atoms. The van der Waals surface area contributed by atoms with Gasteiger partial charge in [-0.05, 0) is 31.6 Å². The van der Waals surface area contributed by atoms with Gasteiger partial charge in [-0.25, -0.2) is 0 Å². The largest absolute Gasteiger partial charge is 0.462 e. The quantitative estimate of drug-likeness (QED) is 0.496. The minimum atomic E-state index is 0.891. The Morgan fingerprint density at radius 2 is 1.82 bits per heavy atom. The minimum absolute atomic E-state index is 0.891. The predicted molar refractivity (Wildman–Crippen MR) is 76.3 cm³/mol. The first-order chi connectivity index (χ1) is 8.26. The second-order valence-corrected chi connectivity index (χ2v) is 3.53. The van der Waals surface area contributed by atoms with Crippen molar-refractivity contribution in [2.75, 3.05) is 0 Å².